The van der Waals surface area contributed by atoms with Crippen molar-refractivity contribution in [2.45, 2.75) is 31.3 Å². The van der Waals surface area contributed by atoms with Crippen LogP contribution in [-0.2, 0) is 15.1 Å². The van der Waals surface area contributed by atoms with E-state index >= 15 is 0 Å². The third-order valence-electron chi connectivity index (χ3n) is 4.42. The maximum absolute atomic E-state index is 11.3. The number of rotatable bonds is 2. The van der Waals surface area contributed by atoms with Crippen LogP contribution in [0.2, 0.25) is 0 Å². The lowest BCUT2D eigenvalue weighted by atomic mass is 9.79. The molecule has 108 valence electrons. The molecular weight excluding hydrogens is 254 g/mol. The zero-order chi connectivity index (χ0) is 14.0. The highest BCUT2D eigenvalue weighted by Crippen LogP contribution is 2.36. The van der Waals surface area contributed by atoms with E-state index in [1.54, 1.807) is 0 Å². The first-order valence-electron chi connectivity index (χ1n) is 7.35. The normalized spacial score (nSPS) is 22.9. The second-order valence-corrected chi connectivity index (χ2v) is 5.72. The van der Waals surface area contributed by atoms with Crippen molar-refractivity contribution in [2.75, 3.05) is 31.2 Å². The summed E-state index contributed by atoms with van der Waals surface area (Å²) in [6, 6.07) is 8.13. The van der Waals surface area contributed by atoms with Gasteiger partial charge >= 0.3 is 0 Å². The smallest absolute Gasteiger partial charge is 0.133 e. The fourth-order valence-corrected chi connectivity index (χ4v) is 3.04. The Labute approximate surface area is 119 Å². The van der Waals surface area contributed by atoms with Crippen LogP contribution in [0.25, 0.3) is 0 Å². The molecule has 1 aromatic carbocycles. The largest absolute Gasteiger partial charge is 0.385 e. The van der Waals surface area contributed by atoms with Gasteiger partial charge in [-0.2, -0.15) is 0 Å². The molecule has 0 unspecified atom stereocenters. The number of ketones is 1. The van der Waals surface area contributed by atoms with E-state index in [0.29, 0.717) is 25.7 Å². The Morgan fingerprint density at radius 2 is 1.65 bits per heavy atom. The molecule has 1 saturated carbocycles. The predicted octanol–water partition coefficient (Wildman–Crippen LogP) is 1.85. The molecule has 2 aliphatic rings. The van der Waals surface area contributed by atoms with E-state index in [4.69, 9.17) is 4.74 Å². The summed E-state index contributed by atoms with van der Waals surface area (Å²) in [6.07, 6.45) is 2.06. The van der Waals surface area contributed by atoms with Crippen LogP contribution >= 0.6 is 0 Å². The van der Waals surface area contributed by atoms with E-state index < -0.39 is 5.60 Å². The number of carbonyl (C=O) groups is 1. The topological polar surface area (TPSA) is 49.8 Å². The number of ether oxygens (including phenoxy) is 1. The minimum absolute atomic E-state index is 0.264. The summed E-state index contributed by atoms with van der Waals surface area (Å²) >= 11 is 0. The van der Waals surface area contributed by atoms with Gasteiger partial charge in [-0.1, -0.05) is 12.1 Å². The van der Waals surface area contributed by atoms with Gasteiger partial charge in [-0.05, 0) is 30.5 Å². The summed E-state index contributed by atoms with van der Waals surface area (Å²) in [6.45, 7) is 3.37. The third kappa shape index (κ3) is 2.72. The lowest BCUT2D eigenvalue weighted by molar-refractivity contribution is -0.125. The van der Waals surface area contributed by atoms with Gasteiger partial charge in [0.25, 0.3) is 0 Å². The van der Waals surface area contributed by atoms with Crippen molar-refractivity contribution in [2.24, 2.45) is 0 Å². The monoisotopic (exact) mass is 275 g/mol. The van der Waals surface area contributed by atoms with Gasteiger partial charge in [0, 0.05) is 31.6 Å². The van der Waals surface area contributed by atoms with Crippen molar-refractivity contribution < 1.29 is 14.6 Å². The van der Waals surface area contributed by atoms with Gasteiger partial charge in [-0.3, -0.25) is 4.79 Å². The molecule has 2 fully saturated rings. The van der Waals surface area contributed by atoms with Crippen LogP contribution in [0.3, 0.4) is 0 Å². The van der Waals surface area contributed by atoms with Crippen LogP contribution in [0.1, 0.15) is 31.2 Å². The van der Waals surface area contributed by atoms with E-state index in [9.17, 15) is 9.90 Å². The van der Waals surface area contributed by atoms with E-state index in [2.05, 4.69) is 17.0 Å². The standard InChI is InChI=1S/C16H21NO3/c18-15-5-7-16(19,8-6-15)13-1-3-14(4-2-13)17-9-11-20-12-10-17/h1-4,19H,5-12H2. The minimum atomic E-state index is -0.822. The Kier molecular flexibility index (Phi) is 3.76. The average molecular weight is 275 g/mol. The van der Waals surface area contributed by atoms with Gasteiger partial charge in [0.15, 0.2) is 0 Å². The molecule has 0 radical (unpaired) electrons. The number of hydrogen-bond acceptors (Lipinski definition) is 4. The summed E-state index contributed by atoms with van der Waals surface area (Å²) in [5, 5.41) is 10.7. The Morgan fingerprint density at radius 1 is 1.05 bits per heavy atom. The number of anilines is 1. The van der Waals surface area contributed by atoms with Gasteiger partial charge in [0.2, 0.25) is 0 Å². The van der Waals surface area contributed by atoms with Crippen LogP contribution in [0, 0.1) is 0 Å². The number of hydrogen-bond donors (Lipinski definition) is 1. The molecule has 20 heavy (non-hydrogen) atoms. The van der Waals surface area contributed by atoms with Gasteiger partial charge in [-0.15, -0.1) is 0 Å². The van der Waals surface area contributed by atoms with Gasteiger partial charge < -0.3 is 14.7 Å². The average Bonchev–Trinajstić information content (AvgIpc) is 2.52. The minimum Gasteiger partial charge on any atom is -0.385 e. The molecule has 0 amide bonds. The number of Topliss-reactive ketones (excluding diaryl/α,β-unsaturated/α-hetero) is 1. The quantitative estimate of drug-likeness (QED) is 0.895. The van der Waals surface area contributed by atoms with E-state index in [1.165, 1.54) is 5.69 Å². The lowest BCUT2D eigenvalue weighted by Gasteiger charge is -2.33. The molecule has 0 spiro atoms. The molecule has 1 aromatic rings. The molecule has 1 aliphatic heterocycles. The fourth-order valence-electron chi connectivity index (χ4n) is 3.04. The van der Waals surface area contributed by atoms with Crippen molar-refractivity contribution in [3.8, 4) is 0 Å². The molecular formula is C16H21NO3. The van der Waals surface area contributed by atoms with Crippen molar-refractivity contribution in [3.05, 3.63) is 29.8 Å². The zero-order valence-corrected chi connectivity index (χ0v) is 11.7. The van der Waals surface area contributed by atoms with Crippen molar-refractivity contribution in [1.29, 1.82) is 0 Å². The van der Waals surface area contributed by atoms with Crippen LogP contribution < -0.4 is 4.90 Å². The Hall–Kier alpha value is -1.39. The second-order valence-electron chi connectivity index (χ2n) is 5.72. The van der Waals surface area contributed by atoms with Crippen molar-refractivity contribution in [3.63, 3.8) is 0 Å². The highest BCUT2D eigenvalue weighted by molar-refractivity contribution is 5.79. The third-order valence-corrected chi connectivity index (χ3v) is 4.42. The maximum atomic E-state index is 11.3. The number of aliphatic hydroxyl groups is 1. The lowest BCUT2D eigenvalue weighted by Crippen LogP contribution is -2.36. The van der Waals surface area contributed by atoms with Crippen molar-refractivity contribution in [1.82, 2.24) is 0 Å². The predicted molar refractivity (Wildman–Crippen MR) is 76.8 cm³/mol. The van der Waals surface area contributed by atoms with Crippen LogP contribution in [0.5, 0.6) is 0 Å². The summed E-state index contributed by atoms with van der Waals surface area (Å²) in [5.74, 6) is 0.264. The first-order valence-corrected chi connectivity index (χ1v) is 7.35. The molecule has 1 aliphatic carbocycles. The second kappa shape index (κ2) is 5.54. The molecule has 4 heteroatoms. The molecule has 0 atom stereocenters. The maximum Gasteiger partial charge on any atom is 0.133 e. The van der Waals surface area contributed by atoms with Gasteiger partial charge in [0.1, 0.15) is 5.78 Å². The van der Waals surface area contributed by atoms with Crippen LogP contribution in [0.4, 0.5) is 5.69 Å². The molecule has 1 saturated heterocycles. The number of nitrogens with zero attached hydrogens (tertiary/aromatic N) is 1. The van der Waals surface area contributed by atoms with Crippen LogP contribution in [-0.4, -0.2) is 37.2 Å². The first-order chi connectivity index (χ1) is 9.67. The summed E-state index contributed by atoms with van der Waals surface area (Å²) in [5.41, 5.74) is 1.28. The highest BCUT2D eigenvalue weighted by atomic mass is 16.5. The van der Waals surface area contributed by atoms with Gasteiger partial charge in [0.05, 0.1) is 18.8 Å². The molecule has 1 N–H and O–H groups in total. The Morgan fingerprint density at radius 3 is 2.25 bits per heavy atom. The van der Waals surface area contributed by atoms with E-state index in [-0.39, 0.29) is 5.78 Å². The van der Waals surface area contributed by atoms with E-state index in [0.717, 1.165) is 31.9 Å². The highest BCUT2D eigenvalue weighted by Gasteiger charge is 2.33. The SMILES string of the molecule is O=C1CCC(O)(c2ccc(N3CCOCC3)cc2)CC1. The summed E-state index contributed by atoms with van der Waals surface area (Å²) in [7, 11) is 0. The number of morpholine rings is 1. The molecule has 0 bridgehead atoms. The molecule has 1 heterocycles. The van der Waals surface area contributed by atoms with Crippen molar-refractivity contribution >= 4 is 11.5 Å². The number of carbonyl (C=O) groups excluding carboxylic acids is 1. The summed E-state index contributed by atoms with van der Waals surface area (Å²) < 4.78 is 5.35. The zero-order valence-electron chi connectivity index (χ0n) is 11.7. The van der Waals surface area contributed by atoms with Gasteiger partial charge in [-0.25, -0.2) is 0 Å². The number of benzene rings is 1. The fraction of sp³-hybridized carbons (Fsp3) is 0.562. The Bertz CT molecular complexity index is 467. The Balaban J connectivity index is 1.73. The van der Waals surface area contributed by atoms with E-state index in [1.807, 2.05) is 12.1 Å². The summed E-state index contributed by atoms with van der Waals surface area (Å²) in [4.78, 5) is 13.6. The molecule has 0 aromatic heterocycles. The first kappa shape index (κ1) is 13.6. The van der Waals surface area contributed by atoms with Crippen LogP contribution in [0.15, 0.2) is 24.3 Å². The molecule has 4 nitrogen and oxygen atoms in total. The molecule has 3 rings (SSSR count).